The molecule has 1 unspecified atom stereocenters. The molecule has 1 aliphatic heterocycles. The summed E-state index contributed by atoms with van der Waals surface area (Å²) in [5.74, 6) is -0.326. The summed E-state index contributed by atoms with van der Waals surface area (Å²) >= 11 is 1.55. The van der Waals surface area contributed by atoms with E-state index in [1.54, 1.807) is 23.9 Å². The molecule has 0 aliphatic carbocycles. The van der Waals surface area contributed by atoms with Crippen LogP contribution in [-0.4, -0.2) is 36.2 Å². The number of carbonyl (C=O) groups is 1. The van der Waals surface area contributed by atoms with Crippen molar-refractivity contribution in [3.63, 3.8) is 0 Å². The first-order valence-electron chi connectivity index (χ1n) is 5.62. The molecule has 0 saturated carbocycles. The number of sulfone groups is 1. The van der Waals surface area contributed by atoms with E-state index < -0.39 is 15.8 Å². The number of hydrogen-bond donors (Lipinski definition) is 1. The van der Waals surface area contributed by atoms with Crippen LogP contribution in [0.15, 0.2) is 29.2 Å². The summed E-state index contributed by atoms with van der Waals surface area (Å²) in [5.41, 5.74) is 0.755. The van der Waals surface area contributed by atoms with Gasteiger partial charge in [0.05, 0.1) is 17.9 Å². The van der Waals surface area contributed by atoms with E-state index in [-0.39, 0.29) is 23.2 Å². The van der Waals surface area contributed by atoms with E-state index in [1.165, 1.54) is 0 Å². The van der Waals surface area contributed by atoms with Crippen molar-refractivity contribution in [2.24, 2.45) is 0 Å². The van der Waals surface area contributed by atoms with E-state index in [0.29, 0.717) is 6.42 Å². The lowest BCUT2D eigenvalue weighted by atomic mass is 10.2. The Bertz CT molecular complexity index is 534. The van der Waals surface area contributed by atoms with Crippen LogP contribution in [0.2, 0.25) is 0 Å². The zero-order valence-electron chi connectivity index (χ0n) is 9.70. The molecule has 1 atom stereocenters. The molecule has 1 fully saturated rings. The Hall–Kier alpha value is -1.01. The largest absolute Gasteiger partial charge is 0.481 e. The maximum atomic E-state index is 11.3. The van der Waals surface area contributed by atoms with Crippen LogP contribution in [0.4, 0.5) is 0 Å². The Kier molecular flexibility index (Phi) is 3.97. The highest BCUT2D eigenvalue weighted by molar-refractivity contribution is 8.01. The molecule has 0 amide bonds. The second-order valence-corrected chi connectivity index (χ2v) is 7.96. The molecule has 2 rings (SSSR count). The Morgan fingerprint density at radius 3 is 2.50 bits per heavy atom. The van der Waals surface area contributed by atoms with Gasteiger partial charge in [-0.2, -0.15) is 0 Å². The summed E-state index contributed by atoms with van der Waals surface area (Å²) in [4.78, 5) is 11.5. The van der Waals surface area contributed by atoms with Crippen LogP contribution < -0.4 is 0 Å². The zero-order valence-corrected chi connectivity index (χ0v) is 11.3. The third-order valence-electron chi connectivity index (χ3n) is 2.77. The van der Waals surface area contributed by atoms with Crippen LogP contribution >= 0.6 is 11.8 Å². The number of carboxylic acids is 1. The van der Waals surface area contributed by atoms with Crippen LogP contribution in [0.25, 0.3) is 0 Å². The predicted octanol–water partition coefficient (Wildman–Crippen LogP) is 1.59. The Labute approximate surface area is 110 Å². The summed E-state index contributed by atoms with van der Waals surface area (Å²) in [5, 5.41) is 8.78. The normalized spacial score (nSPS) is 21.9. The summed E-state index contributed by atoms with van der Waals surface area (Å²) in [7, 11) is -2.84. The van der Waals surface area contributed by atoms with Crippen molar-refractivity contribution >= 4 is 27.6 Å². The lowest BCUT2D eigenvalue weighted by Gasteiger charge is -2.07. The molecule has 0 radical (unpaired) electrons. The molecule has 1 saturated heterocycles. The molecule has 18 heavy (non-hydrogen) atoms. The SMILES string of the molecule is O=C(O)Cc1ccc(SC2CCS(=O)(=O)C2)cc1. The lowest BCUT2D eigenvalue weighted by molar-refractivity contribution is -0.136. The molecule has 0 aromatic heterocycles. The number of rotatable bonds is 4. The predicted molar refractivity (Wildman–Crippen MR) is 70.7 cm³/mol. The van der Waals surface area contributed by atoms with E-state index >= 15 is 0 Å². The van der Waals surface area contributed by atoms with E-state index in [9.17, 15) is 13.2 Å². The third-order valence-corrected chi connectivity index (χ3v) is 6.03. The van der Waals surface area contributed by atoms with Gasteiger partial charge < -0.3 is 5.11 Å². The van der Waals surface area contributed by atoms with Crippen LogP contribution in [-0.2, 0) is 21.1 Å². The molecule has 0 spiro atoms. The van der Waals surface area contributed by atoms with Crippen molar-refractivity contribution in [3.05, 3.63) is 29.8 Å². The van der Waals surface area contributed by atoms with Gasteiger partial charge >= 0.3 is 5.97 Å². The molecule has 0 bridgehead atoms. The average Bonchev–Trinajstić information content (AvgIpc) is 2.60. The molecule has 1 aromatic rings. The topological polar surface area (TPSA) is 71.4 Å². The zero-order chi connectivity index (χ0) is 13.2. The maximum Gasteiger partial charge on any atom is 0.307 e. The first-order valence-corrected chi connectivity index (χ1v) is 8.32. The van der Waals surface area contributed by atoms with Crippen molar-refractivity contribution in [1.82, 2.24) is 0 Å². The van der Waals surface area contributed by atoms with Crippen LogP contribution in [0, 0.1) is 0 Å². The molecule has 6 heteroatoms. The molecule has 4 nitrogen and oxygen atoms in total. The Balaban J connectivity index is 1.97. The molecule has 1 N–H and O–H groups in total. The number of aliphatic carboxylic acids is 1. The number of carboxylic acid groups (broad SMARTS) is 1. The van der Waals surface area contributed by atoms with Crippen LogP contribution in [0.5, 0.6) is 0 Å². The number of thioether (sulfide) groups is 1. The van der Waals surface area contributed by atoms with Gasteiger partial charge in [-0.3, -0.25) is 4.79 Å². The fourth-order valence-electron chi connectivity index (χ4n) is 1.91. The van der Waals surface area contributed by atoms with E-state index in [1.807, 2.05) is 12.1 Å². The van der Waals surface area contributed by atoms with E-state index in [4.69, 9.17) is 5.11 Å². The summed E-state index contributed by atoms with van der Waals surface area (Å²) in [6, 6.07) is 7.27. The maximum absolute atomic E-state index is 11.3. The third kappa shape index (κ3) is 3.74. The van der Waals surface area contributed by atoms with Crippen molar-refractivity contribution < 1.29 is 18.3 Å². The highest BCUT2D eigenvalue weighted by atomic mass is 32.2. The van der Waals surface area contributed by atoms with Gasteiger partial charge in [-0.25, -0.2) is 8.42 Å². The first-order chi connectivity index (χ1) is 8.44. The molecule has 1 aromatic carbocycles. The molecular weight excluding hydrogens is 272 g/mol. The van der Waals surface area contributed by atoms with Gasteiger partial charge in [-0.05, 0) is 24.1 Å². The van der Waals surface area contributed by atoms with Crippen molar-refractivity contribution in [2.45, 2.75) is 23.0 Å². The van der Waals surface area contributed by atoms with Crippen LogP contribution in [0.3, 0.4) is 0 Å². The van der Waals surface area contributed by atoms with Crippen molar-refractivity contribution in [3.8, 4) is 0 Å². The van der Waals surface area contributed by atoms with Crippen LogP contribution in [0.1, 0.15) is 12.0 Å². The van der Waals surface area contributed by atoms with Gasteiger partial charge in [0.25, 0.3) is 0 Å². The average molecular weight is 286 g/mol. The van der Waals surface area contributed by atoms with Gasteiger partial charge in [0.1, 0.15) is 0 Å². The van der Waals surface area contributed by atoms with Gasteiger partial charge in [0.2, 0.25) is 0 Å². The van der Waals surface area contributed by atoms with Gasteiger partial charge in [0.15, 0.2) is 9.84 Å². The second-order valence-electron chi connectivity index (χ2n) is 4.36. The summed E-state index contributed by atoms with van der Waals surface area (Å²) in [6.07, 6.45) is 0.715. The van der Waals surface area contributed by atoms with Gasteiger partial charge in [0, 0.05) is 10.1 Å². The number of hydrogen-bond acceptors (Lipinski definition) is 4. The van der Waals surface area contributed by atoms with E-state index in [2.05, 4.69) is 0 Å². The standard InChI is InChI=1S/C12H14O4S2/c13-12(14)7-9-1-3-10(4-2-9)17-11-5-6-18(15,16)8-11/h1-4,11H,5-8H2,(H,13,14). The van der Waals surface area contributed by atoms with Crippen molar-refractivity contribution in [2.75, 3.05) is 11.5 Å². The Morgan fingerprint density at radius 2 is 2.00 bits per heavy atom. The fourth-order valence-corrected chi connectivity index (χ4v) is 5.41. The highest BCUT2D eigenvalue weighted by Gasteiger charge is 2.28. The molecule has 98 valence electrons. The smallest absolute Gasteiger partial charge is 0.307 e. The highest BCUT2D eigenvalue weighted by Crippen LogP contribution is 2.30. The van der Waals surface area contributed by atoms with Gasteiger partial charge in [-0.1, -0.05) is 12.1 Å². The van der Waals surface area contributed by atoms with Gasteiger partial charge in [-0.15, -0.1) is 11.8 Å². The van der Waals surface area contributed by atoms with E-state index in [0.717, 1.165) is 10.5 Å². The minimum Gasteiger partial charge on any atom is -0.481 e. The summed E-state index contributed by atoms with van der Waals surface area (Å²) < 4.78 is 22.7. The molecular formula is C12H14O4S2. The van der Waals surface area contributed by atoms with Crippen molar-refractivity contribution in [1.29, 1.82) is 0 Å². The number of benzene rings is 1. The second kappa shape index (κ2) is 5.32. The Morgan fingerprint density at radius 1 is 1.33 bits per heavy atom. The summed E-state index contributed by atoms with van der Waals surface area (Å²) in [6.45, 7) is 0. The minimum atomic E-state index is -2.84. The monoisotopic (exact) mass is 286 g/mol. The first kappa shape index (κ1) is 13.4. The quantitative estimate of drug-likeness (QED) is 0.910. The fraction of sp³-hybridized carbons (Fsp3) is 0.417. The minimum absolute atomic E-state index is 0.0166. The molecule has 1 heterocycles. The molecule has 1 aliphatic rings. The lowest BCUT2D eigenvalue weighted by Crippen LogP contribution is -2.06.